The van der Waals surface area contributed by atoms with Crippen LogP contribution < -0.4 is 5.32 Å². The van der Waals surface area contributed by atoms with Crippen molar-refractivity contribution in [3.05, 3.63) is 81.3 Å². The van der Waals surface area contributed by atoms with Crippen LogP contribution in [0.3, 0.4) is 0 Å². The number of nitrogens with zero attached hydrogens (tertiary/aromatic N) is 1. The maximum atomic E-state index is 12.4. The molecular formula is C21H14BrClN2O2. The van der Waals surface area contributed by atoms with E-state index in [2.05, 4.69) is 26.2 Å². The lowest BCUT2D eigenvalue weighted by Crippen LogP contribution is -2.11. The van der Waals surface area contributed by atoms with Gasteiger partial charge in [-0.1, -0.05) is 45.2 Å². The van der Waals surface area contributed by atoms with Crippen molar-refractivity contribution >= 4 is 50.2 Å². The Morgan fingerprint density at radius 3 is 2.78 bits per heavy atom. The Kier molecular flexibility index (Phi) is 4.72. The number of amides is 1. The third kappa shape index (κ3) is 3.75. The summed E-state index contributed by atoms with van der Waals surface area (Å²) in [5.41, 5.74) is 4.25. The lowest BCUT2D eigenvalue weighted by Gasteiger charge is -2.05. The Balaban J connectivity index is 1.65. The lowest BCUT2D eigenvalue weighted by molar-refractivity contribution is 0.102. The minimum absolute atomic E-state index is 0.170. The molecule has 4 aromatic rings. The molecule has 0 bridgehead atoms. The number of hydrogen-bond acceptors (Lipinski definition) is 3. The summed E-state index contributed by atoms with van der Waals surface area (Å²) in [6.07, 6.45) is 0. The number of fused-ring (bicyclic) bond motifs is 1. The van der Waals surface area contributed by atoms with E-state index in [0.29, 0.717) is 38.8 Å². The normalized spacial score (nSPS) is 10.9. The molecule has 0 aliphatic heterocycles. The van der Waals surface area contributed by atoms with Gasteiger partial charge in [0, 0.05) is 15.7 Å². The molecule has 0 fully saturated rings. The zero-order chi connectivity index (χ0) is 19.0. The van der Waals surface area contributed by atoms with E-state index in [1.54, 1.807) is 30.3 Å². The fraction of sp³-hybridized carbons (Fsp3) is 0.0476. The van der Waals surface area contributed by atoms with Crippen molar-refractivity contribution in [2.75, 3.05) is 5.32 Å². The van der Waals surface area contributed by atoms with Crippen molar-refractivity contribution < 1.29 is 9.21 Å². The topological polar surface area (TPSA) is 55.1 Å². The van der Waals surface area contributed by atoms with E-state index >= 15 is 0 Å². The molecule has 0 saturated heterocycles. The smallest absolute Gasteiger partial charge is 0.255 e. The molecule has 0 radical (unpaired) electrons. The van der Waals surface area contributed by atoms with Crippen LogP contribution in [0.25, 0.3) is 22.6 Å². The molecule has 0 aliphatic rings. The molecule has 4 nitrogen and oxygen atoms in total. The average Bonchev–Trinajstić information content (AvgIpc) is 3.07. The van der Waals surface area contributed by atoms with Crippen molar-refractivity contribution in [2.24, 2.45) is 0 Å². The molecule has 1 N–H and O–H groups in total. The fourth-order valence-corrected chi connectivity index (χ4v) is 3.33. The van der Waals surface area contributed by atoms with Gasteiger partial charge in [-0.2, -0.15) is 0 Å². The van der Waals surface area contributed by atoms with Crippen molar-refractivity contribution in [1.29, 1.82) is 0 Å². The van der Waals surface area contributed by atoms with Gasteiger partial charge in [0.05, 0.1) is 10.6 Å². The summed E-state index contributed by atoms with van der Waals surface area (Å²) < 4.78 is 6.71. The van der Waals surface area contributed by atoms with Gasteiger partial charge in [-0.3, -0.25) is 4.79 Å². The summed E-state index contributed by atoms with van der Waals surface area (Å²) in [6, 6.07) is 18.3. The van der Waals surface area contributed by atoms with Gasteiger partial charge in [0.15, 0.2) is 5.58 Å². The summed E-state index contributed by atoms with van der Waals surface area (Å²) in [4.78, 5) is 17.0. The van der Waals surface area contributed by atoms with Crippen LogP contribution in [-0.2, 0) is 0 Å². The van der Waals surface area contributed by atoms with Gasteiger partial charge in [-0.15, -0.1) is 0 Å². The minimum Gasteiger partial charge on any atom is -0.436 e. The number of carbonyl (C=O) groups excluding carboxylic acids is 1. The number of carbonyl (C=O) groups is 1. The molecule has 1 amide bonds. The number of nitrogens with one attached hydrogen (secondary N) is 1. The highest BCUT2D eigenvalue weighted by Crippen LogP contribution is 2.33. The number of anilines is 1. The highest BCUT2D eigenvalue weighted by Gasteiger charge is 2.13. The maximum Gasteiger partial charge on any atom is 0.255 e. The van der Waals surface area contributed by atoms with Gasteiger partial charge in [0.1, 0.15) is 5.52 Å². The zero-order valence-electron chi connectivity index (χ0n) is 14.3. The van der Waals surface area contributed by atoms with Crippen molar-refractivity contribution in [3.63, 3.8) is 0 Å². The zero-order valence-corrected chi connectivity index (χ0v) is 16.6. The first kappa shape index (κ1) is 17.8. The molecule has 0 spiro atoms. The Bertz CT molecular complexity index is 1170. The SMILES string of the molecule is Cc1cccc(C(=O)Nc2ccc3oc(-c4cc(Br)ccc4Cl)nc3c2)c1. The quantitative estimate of drug-likeness (QED) is 0.396. The number of rotatable bonds is 3. The van der Waals surface area contributed by atoms with Gasteiger partial charge >= 0.3 is 0 Å². The average molecular weight is 442 g/mol. The van der Waals surface area contributed by atoms with E-state index in [9.17, 15) is 4.79 Å². The summed E-state index contributed by atoms with van der Waals surface area (Å²) in [7, 11) is 0. The number of benzene rings is 3. The first-order valence-corrected chi connectivity index (χ1v) is 9.41. The third-order valence-corrected chi connectivity index (χ3v) is 4.91. The monoisotopic (exact) mass is 440 g/mol. The number of hydrogen-bond donors (Lipinski definition) is 1. The second-order valence-corrected chi connectivity index (χ2v) is 7.47. The number of halogens is 2. The Morgan fingerprint density at radius 1 is 1.11 bits per heavy atom. The molecule has 4 rings (SSSR count). The van der Waals surface area contributed by atoms with E-state index in [1.807, 2.05) is 37.3 Å². The minimum atomic E-state index is -0.170. The second-order valence-electron chi connectivity index (χ2n) is 6.15. The molecule has 1 aromatic heterocycles. The number of oxazole rings is 1. The van der Waals surface area contributed by atoms with Crippen LogP contribution in [0.15, 0.2) is 69.6 Å². The van der Waals surface area contributed by atoms with Gasteiger partial charge in [0.25, 0.3) is 5.91 Å². The Morgan fingerprint density at radius 2 is 1.96 bits per heavy atom. The molecular weight excluding hydrogens is 428 g/mol. The Hall–Kier alpha value is -2.63. The maximum absolute atomic E-state index is 12.4. The van der Waals surface area contributed by atoms with E-state index < -0.39 is 0 Å². The summed E-state index contributed by atoms with van der Waals surface area (Å²) >= 11 is 9.69. The van der Waals surface area contributed by atoms with E-state index in [-0.39, 0.29) is 5.91 Å². The summed E-state index contributed by atoms with van der Waals surface area (Å²) in [5, 5.41) is 3.45. The van der Waals surface area contributed by atoms with Crippen LogP contribution in [0, 0.1) is 6.92 Å². The molecule has 0 atom stereocenters. The van der Waals surface area contributed by atoms with Crippen LogP contribution in [0.1, 0.15) is 15.9 Å². The predicted molar refractivity (Wildman–Crippen MR) is 111 cm³/mol. The van der Waals surface area contributed by atoms with Gasteiger partial charge < -0.3 is 9.73 Å². The molecule has 6 heteroatoms. The molecule has 0 aliphatic carbocycles. The lowest BCUT2D eigenvalue weighted by atomic mass is 10.1. The molecule has 134 valence electrons. The molecule has 0 unspecified atom stereocenters. The first-order valence-electron chi connectivity index (χ1n) is 8.23. The predicted octanol–water partition coefficient (Wildman–Crippen LogP) is 6.47. The van der Waals surface area contributed by atoms with Crippen LogP contribution in [0.4, 0.5) is 5.69 Å². The van der Waals surface area contributed by atoms with Crippen LogP contribution in [-0.4, -0.2) is 10.9 Å². The highest BCUT2D eigenvalue weighted by atomic mass is 79.9. The molecule has 3 aromatic carbocycles. The van der Waals surface area contributed by atoms with E-state index in [4.69, 9.17) is 16.0 Å². The molecule has 1 heterocycles. The summed E-state index contributed by atoms with van der Waals surface area (Å²) in [6.45, 7) is 1.95. The van der Waals surface area contributed by atoms with Crippen molar-refractivity contribution in [3.8, 4) is 11.5 Å². The Labute approximate surface area is 169 Å². The third-order valence-electron chi connectivity index (χ3n) is 4.08. The largest absolute Gasteiger partial charge is 0.436 e. The van der Waals surface area contributed by atoms with Crippen LogP contribution >= 0.6 is 27.5 Å². The van der Waals surface area contributed by atoms with Crippen LogP contribution in [0.5, 0.6) is 0 Å². The van der Waals surface area contributed by atoms with Crippen LogP contribution in [0.2, 0.25) is 5.02 Å². The second kappa shape index (κ2) is 7.18. The van der Waals surface area contributed by atoms with Gasteiger partial charge in [0.2, 0.25) is 5.89 Å². The van der Waals surface area contributed by atoms with Gasteiger partial charge in [-0.05, 0) is 55.5 Å². The fourth-order valence-electron chi connectivity index (χ4n) is 2.77. The van der Waals surface area contributed by atoms with E-state index in [1.165, 1.54) is 0 Å². The molecule has 27 heavy (non-hydrogen) atoms. The first-order chi connectivity index (χ1) is 13.0. The van der Waals surface area contributed by atoms with Crippen molar-refractivity contribution in [2.45, 2.75) is 6.92 Å². The van der Waals surface area contributed by atoms with Crippen molar-refractivity contribution in [1.82, 2.24) is 4.98 Å². The number of aryl methyl sites for hydroxylation is 1. The standard InChI is InChI=1S/C21H14BrClN2O2/c1-12-3-2-4-13(9-12)20(26)24-15-6-8-19-18(11-15)25-21(27-19)16-10-14(22)5-7-17(16)23/h2-11H,1H3,(H,24,26). The summed E-state index contributed by atoms with van der Waals surface area (Å²) in [5.74, 6) is 0.260. The number of aromatic nitrogens is 1. The molecule has 0 saturated carbocycles. The van der Waals surface area contributed by atoms with Gasteiger partial charge in [-0.25, -0.2) is 4.98 Å². The highest BCUT2D eigenvalue weighted by molar-refractivity contribution is 9.10. The van der Waals surface area contributed by atoms with E-state index in [0.717, 1.165) is 10.0 Å².